The Hall–Kier alpha value is -1.12. The molecule has 1 amide bonds. The van der Waals surface area contributed by atoms with Gasteiger partial charge in [-0.25, -0.2) is 13.1 Å². The average molecular weight is 365 g/mol. The third-order valence-corrected chi connectivity index (χ3v) is 4.53. The molecule has 0 heterocycles. The largest absolute Gasteiger partial charge is 0.496 e. The highest BCUT2D eigenvalue weighted by molar-refractivity contribution is 9.10. The van der Waals surface area contributed by atoms with E-state index in [9.17, 15) is 13.2 Å². The Labute approximate surface area is 127 Å². The number of sulfonamides is 1. The predicted molar refractivity (Wildman–Crippen MR) is 79.2 cm³/mol. The second-order valence-corrected chi connectivity index (χ2v) is 6.52. The summed E-state index contributed by atoms with van der Waals surface area (Å²) in [6.07, 6.45) is 0.102. The summed E-state index contributed by atoms with van der Waals surface area (Å²) >= 11 is 3.23. The van der Waals surface area contributed by atoms with E-state index in [0.29, 0.717) is 16.8 Å². The van der Waals surface area contributed by atoms with E-state index in [1.807, 2.05) is 0 Å². The molecule has 0 fully saturated rings. The summed E-state index contributed by atoms with van der Waals surface area (Å²) in [6.45, 7) is 2.38. The first kappa shape index (κ1) is 16.9. The minimum absolute atomic E-state index is 0.0534. The van der Waals surface area contributed by atoms with Gasteiger partial charge in [0.2, 0.25) is 15.9 Å². The molecule has 0 aliphatic carbocycles. The molecule has 20 heavy (non-hydrogen) atoms. The molecule has 8 heteroatoms. The molecule has 0 atom stereocenters. The SMILES string of the molecule is CCNC(=O)CCNS(=O)(=O)c1ccc(OC)c(Br)c1. The molecule has 0 unspecified atom stereocenters. The predicted octanol–water partition coefficient (Wildman–Crippen LogP) is 1.26. The Morgan fingerprint density at radius 3 is 2.65 bits per heavy atom. The molecule has 0 saturated carbocycles. The Balaban J connectivity index is 2.69. The molecule has 0 spiro atoms. The highest BCUT2D eigenvalue weighted by Gasteiger charge is 2.15. The molecule has 0 aliphatic rings. The number of hydrogen-bond donors (Lipinski definition) is 2. The quantitative estimate of drug-likeness (QED) is 0.762. The van der Waals surface area contributed by atoms with E-state index < -0.39 is 10.0 Å². The fraction of sp³-hybridized carbons (Fsp3) is 0.417. The Morgan fingerprint density at radius 1 is 1.40 bits per heavy atom. The summed E-state index contributed by atoms with van der Waals surface area (Å²) in [5.74, 6) is 0.359. The maximum atomic E-state index is 12.0. The van der Waals surface area contributed by atoms with Gasteiger partial charge in [0.05, 0.1) is 16.5 Å². The minimum atomic E-state index is -3.63. The van der Waals surface area contributed by atoms with Crippen LogP contribution in [0.4, 0.5) is 0 Å². The highest BCUT2D eigenvalue weighted by atomic mass is 79.9. The molecule has 1 aromatic carbocycles. The lowest BCUT2D eigenvalue weighted by Crippen LogP contribution is -2.30. The average Bonchev–Trinajstić information content (AvgIpc) is 2.38. The van der Waals surface area contributed by atoms with Crippen LogP contribution in [-0.4, -0.2) is 34.5 Å². The highest BCUT2D eigenvalue weighted by Crippen LogP contribution is 2.27. The zero-order valence-electron chi connectivity index (χ0n) is 11.3. The topological polar surface area (TPSA) is 84.5 Å². The van der Waals surface area contributed by atoms with Gasteiger partial charge in [0, 0.05) is 19.5 Å². The summed E-state index contributed by atoms with van der Waals surface area (Å²) in [5.41, 5.74) is 0. The lowest BCUT2D eigenvalue weighted by Gasteiger charge is -2.09. The number of nitrogens with one attached hydrogen (secondary N) is 2. The number of halogens is 1. The van der Waals surface area contributed by atoms with Gasteiger partial charge in [-0.15, -0.1) is 0 Å². The summed E-state index contributed by atoms with van der Waals surface area (Å²) in [6, 6.07) is 4.45. The van der Waals surface area contributed by atoms with Crippen LogP contribution in [0.1, 0.15) is 13.3 Å². The van der Waals surface area contributed by atoms with Gasteiger partial charge < -0.3 is 10.1 Å². The van der Waals surface area contributed by atoms with E-state index in [0.717, 1.165) is 0 Å². The lowest BCUT2D eigenvalue weighted by molar-refractivity contribution is -0.120. The monoisotopic (exact) mass is 364 g/mol. The number of benzene rings is 1. The van der Waals surface area contributed by atoms with E-state index in [2.05, 4.69) is 26.0 Å². The third kappa shape index (κ3) is 4.77. The van der Waals surface area contributed by atoms with Crippen molar-refractivity contribution in [3.63, 3.8) is 0 Å². The molecular weight excluding hydrogens is 348 g/mol. The summed E-state index contributed by atoms with van der Waals surface area (Å²) in [4.78, 5) is 11.3. The molecule has 1 aromatic rings. The lowest BCUT2D eigenvalue weighted by atomic mass is 10.3. The van der Waals surface area contributed by atoms with Crippen molar-refractivity contribution < 1.29 is 17.9 Å². The van der Waals surface area contributed by atoms with Crippen LogP contribution in [0.15, 0.2) is 27.6 Å². The number of carbonyl (C=O) groups is 1. The normalized spacial score (nSPS) is 11.2. The third-order valence-electron chi connectivity index (χ3n) is 2.45. The van der Waals surface area contributed by atoms with Crippen LogP contribution in [0.25, 0.3) is 0 Å². The van der Waals surface area contributed by atoms with Crippen molar-refractivity contribution in [2.75, 3.05) is 20.2 Å². The van der Waals surface area contributed by atoms with Crippen molar-refractivity contribution >= 4 is 31.9 Å². The smallest absolute Gasteiger partial charge is 0.240 e. The van der Waals surface area contributed by atoms with E-state index in [1.165, 1.54) is 19.2 Å². The number of rotatable bonds is 7. The van der Waals surface area contributed by atoms with Crippen LogP contribution in [-0.2, 0) is 14.8 Å². The number of amides is 1. The Kier molecular flexibility index (Phi) is 6.44. The van der Waals surface area contributed by atoms with Gasteiger partial charge >= 0.3 is 0 Å². The first-order valence-electron chi connectivity index (χ1n) is 6.00. The number of ether oxygens (including phenoxy) is 1. The van der Waals surface area contributed by atoms with Gasteiger partial charge in [-0.3, -0.25) is 4.79 Å². The standard InChI is InChI=1S/C12H17BrN2O4S/c1-3-14-12(16)6-7-15-20(17,18)9-4-5-11(19-2)10(13)8-9/h4-5,8,15H,3,6-7H2,1-2H3,(H,14,16). The fourth-order valence-corrected chi connectivity index (χ4v) is 3.23. The number of methoxy groups -OCH3 is 1. The van der Waals surface area contributed by atoms with Crippen molar-refractivity contribution in [2.24, 2.45) is 0 Å². The minimum Gasteiger partial charge on any atom is -0.496 e. The maximum absolute atomic E-state index is 12.0. The number of hydrogen-bond acceptors (Lipinski definition) is 4. The van der Waals surface area contributed by atoms with Crippen LogP contribution < -0.4 is 14.8 Å². The fourth-order valence-electron chi connectivity index (χ4n) is 1.48. The van der Waals surface area contributed by atoms with E-state index in [-0.39, 0.29) is 23.8 Å². The molecule has 0 bridgehead atoms. The molecule has 1 rings (SSSR count). The van der Waals surface area contributed by atoms with E-state index in [4.69, 9.17) is 4.74 Å². The zero-order valence-corrected chi connectivity index (χ0v) is 13.7. The second-order valence-electron chi connectivity index (χ2n) is 3.90. The molecule has 0 radical (unpaired) electrons. The zero-order chi connectivity index (χ0) is 15.2. The maximum Gasteiger partial charge on any atom is 0.240 e. The van der Waals surface area contributed by atoms with Gasteiger partial charge in [0.15, 0.2) is 0 Å². The van der Waals surface area contributed by atoms with Gasteiger partial charge in [0.25, 0.3) is 0 Å². The van der Waals surface area contributed by atoms with Crippen molar-refractivity contribution in [1.29, 1.82) is 0 Å². The Bertz CT molecular complexity index is 575. The number of carbonyl (C=O) groups excluding carboxylic acids is 1. The van der Waals surface area contributed by atoms with Crippen LogP contribution >= 0.6 is 15.9 Å². The molecule has 2 N–H and O–H groups in total. The first-order valence-corrected chi connectivity index (χ1v) is 8.28. The molecule has 0 aliphatic heterocycles. The van der Waals surface area contributed by atoms with Gasteiger partial charge in [0.1, 0.15) is 5.75 Å². The Morgan fingerprint density at radius 2 is 2.10 bits per heavy atom. The van der Waals surface area contributed by atoms with Gasteiger partial charge in [-0.2, -0.15) is 0 Å². The molecule has 0 saturated heterocycles. The van der Waals surface area contributed by atoms with Crippen molar-refractivity contribution in [3.8, 4) is 5.75 Å². The van der Waals surface area contributed by atoms with E-state index >= 15 is 0 Å². The summed E-state index contributed by atoms with van der Waals surface area (Å²) in [7, 11) is -2.14. The van der Waals surface area contributed by atoms with Crippen LogP contribution in [0, 0.1) is 0 Å². The van der Waals surface area contributed by atoms with Crippen LogP contribution in [0.3, 0.4) is 0 Å². The first-order chi connectivity index (χ1) is 9.40. The molecule has 0 aromatic heterocycles. The second kappa shape index (κ2) is 7.61. The van der Waals surface area contributed by atoms with Crippen LogP contribution in [0.5, 0.6) is 5.75 Å². The van der Waals surface area contributed by atoms with E-state index in [1.54, 1.807) is 13.0 Å². The van der Waals surface area contributed by atoms with Crippen molar-refractivity contribution in [2.45, 2.75) is 18.2 Å². The molecule has 6 nitrogen and oxygen atoms in total. The molecular formula is C12H17BrN2O4S. The van der Waals surface area contributed by atoms with Crippen LogP contribution in [0.2, 0.25) is 0 Å². The summed E-state index contributed by atoms with van der Waals surface area (Å²) in [5, 5.41) is 2.60. The van der Waals surface area contributed by atoms with Crippen molar-refractivity contribution in [3.05, 3.63) is 22.7 Å². The van der Waals surface area contributed by atoms with Gasteiger partial charge in [-0.05, 0) is 41.1 Å². The van der Waals surface area contributed by atoms with Crippen molar-refractivity contribution in [1.82, 2.24) is 10.0 Å². The van der Waals surface area contributed by atoms with Gasteiger partial charge in [-0.1, -0.05) is 0 Å². The molecule has 112 valence electrons. The summed E-state index contributed by atoms with van der Waals surface area (Å²) < 4.78 is 32.0.